The Morgan fingerprint density at radius 1 is 1.46 bits per heavy atom. The average Bonchev–Trinajstić information content (AvgIpc) is 3.02. The monoisotopic (exact) mass is 423 g/mol. The number of hydrogen-bond donors (Lipinski definition) is 2. The number of carboxylic acids is 1. The number of nitrogens with zero attached hydrogens (tertiary/aromatic N) is 2. The number of hydrogen-bond acceptors (Lipinski definition) is 7. The van der Waals surface area contributed by atoms with E-state index in [0.717, 1.165) is 25.1 Å². The van der Waals surface area contributed by atoms with Gasteiger partial charge >= 0.3 is 18.1 Å². The molecule has 0 radical (unpaired) electrons. The summed E-state index contributed by atoms with van der Waals surface area (Å²) in [5, 5.41) is 14.9. The summed E-state index contributed by atoms with van der Waals surface area (Å²) in [6, 6.07) is 0. The molecule has 2 N–H and O–H groups in total. The van der Waals surface area contributed by atoms with Crippen molar-refractivity contribution in [2.45, 2.75) is 31.3 Å². The molecule has 8 nitrogen and oxygen atoms in total. The molecule has 156 valence electrons. The van der Waals surface area contributed by atoms with Gasteiger partial charge in [0.15, 0.2) is 5.12 Å². The van der Waals surface area contributed by atoms with E-state index in [0.29, 0.717) is 0 Å². The van der Waals surface area contributed by atoms with Crippen LogP contribution >= 0.6 is 11.8 Å². The van der Waals surface area contributed by atoms with Crippen LogP contribution in [0.25, 0.3) is 6.08 Å². The summed E-state index contributed by atoms with van der Waals surface area (Å²) in [6.45, 7) is 3.39. The first kappa shape index (κ1) is 23.7. The molecule has 1 atom stereocenters. The second kappa shape index (κ2) is 10.9. The van der Waals surface area contributed by atoms with E-state index >= 15 is 0 Å². The maximum Gasteiger partial charge on any atom is 0.490 e. The Morgan fingerprint density at radius 2 is 2.11 bits per heavy atom. The van der Waals surface area contributed by atoms with Gasteiger partial charge < -0.3 is 15.2 Å². The molecule has 1 aromatic heterocycles. The Kier molecular flexibility index (Phi) is 9.19. The highest BCUT2D eigenvalue weighted by Crippen LogP contribution is 2.26. The third kappa shape index (κ3) is 8.57. The summed E-state index contributed by atoms with van der Waals surface area (Å²) in [4.78, 5) is 31.4. The molecule has 1 aliphatic rings. The summed E-state index contributed by atoms with van der Waals surface area (Å²) < 4.78 is 37.9. The average molecular weight is 423 g/mol. The fourth-order valence-electron chi connectivity index (χ4n) is 2.20. The number of halogens is 3. The number of thioether (sulfide) groups is 1. The van der Waals surface area contributed by atoms with Crippen LogP contribution < -0.4 is 5.32 Å². The number of esters is 1. The SMILES string of the molecule is COC(=O)Cn1cc(C=C2CNCCC2SC(C)=O)cn1.O=C(O)C(F)(F)F. The van der Waals surface area contributed by atoms with Crippen LogP contribution in [0.15, 0.2) is 18.0 Å². The van der Waals surface area contributed by atoms with E-state index in [1.165, 1.54) is 24.4 Å². The Labute approximate surface area is 163 Å². The zero-order valence-corrected chi connectivity index (χ0v) is 16.0. The van der Waals surface area contributed by atoms with Crippen molar-refractivity contribution in [3.63, 3.8) is 0 Å². The number of aliphatic carboxylic acids is 1. The second-order valence-corrected chi connectivity index (χ2v) is 7.01. The molecule has 1 aromatic rings. The molecule has 12 heteroatoms. The van der Waals surface area contributed by atoms with Crippen molar-refractivity contribution in [3.8, 4) is 0 Å². The number of methoxy groups -OCH3 is 1. The van der Waals surface area contributed by atoms with Crippen LogP contribution in [0.4, 0.5) is 13.2 Å². The van der Waals surface area contributed by atoms with E-state index in [9.17, 15) is 22.8 Å². The van der Waals surface area contributed by atoms with Gasteiger partial charge in [0.1, 0.15) is 6.54 Å². The number of aromatic nitrogens is 2. The summed E-state index contributed by atoms with van der Waals surface area (Å²) in [5.74, 6) is -3.09. The fourth-order valence-corrected chi connectivity index (χ4v) is 3.13. The van der Waals surface area contributed by atoms with Crippen LogP contribution in [0, 0.1) is 0 Å². The smallest absolute Gasteiger partial charge is 0.475 e. The first-order valence-corrected chi connectivity index (χ1v) is 8.88. The fraction of sp³-hybridized carbons (Fsp3) is 0.500. The van der Waals surface area contributed by atoms with E-state index in [4.69, 9.17) is 9.90 Å². The maximum absolute atomic E-state index is 11.3. The van der Waals surface area contributed by atoms with Crippen molar-refractivity contribution < 1.29 is 37.4 Å². The van der Waals surface area contributed by atoms with Gasteiger partial charge in [0, 0.05) is 30.5 Å². The third-order valence-electron chi connectivity index (χ3n) is 3.40. The van der Waals surface area contributed by atoms with Crippen LogP contribution in [0.5, 0.6) is 0 Å². The van der Waals surface area contributed by atoms with Crippen LogP contribution in [0.2, 0.25) is 0 Å². The van der Waals surface area contributed by atoms with Gasteiger partial charge in [0.25, 0.3) is 0 Å². The van der Waals surface area contributed by atoms with Gasteiger partial charge in [-0.2, -0.15) is 18.3 Å². The molecule has 1 fully saturated rings. The molecule has 0 aliphatic carbocycles. The number of carbonyl (C=O) groups is 3. The van der Waals surface area contributed by atoms with E-state index in [2.05, 4.69) is 15.2 Å². The van der Waals surface area contributed by atoms with E-state index < -0.39 is 12.1 Å². The molecule has 0 saturated carbocycles. The Balaban J connectivity index is 0.000000480. The normalized spacial score (nSPS) is 18.2. The molecule has 1 aliphatic heterocycles. The van der Waals surface area contributed by atoms with Gasteiger partial charge in [0.2, 0.25) is 0 Å². The Morgan fingerprint density at radius 3 is 2.64 bits per heavy atom. The highest BCUT2D eigenvalue weighted by molar-refractivity contribution is 8.14. The van der Waals surface area contributed by atoms with E-state index in [1.54, 1.807) is 24.0 Å². The van der Waals surface area contributed by atoms with Crippen molar-refractivity contribution >= 4 is 34.9 Å². The van der Waals surface area contributed by atoms with E-state index in [-0.39, 0.29) is 22.9 Å². The number of alkyl halides is 3. The van der Waals surface area contributed by atoms with Crippen molar-refractivity contribution in [2.75, 3.05) is 20.2 Å². The zero-order valence-electron chi connectivity index (χ0n) is 15.2. The van der Waals surface area contributed by atoms with Crippen LogP contribution in [0.1, 0.15) is 18.9 Å². The standard InChI is InChI=1S/C14H19N3O3S.C2HF3O2/c1-10(18)21-13-3-4-15-7-12(13)5-11-6-16-17(8-11)9-14(19)20-2;3-2(4,5)1(6)7/h5-6,8,13,15H,3-4,7,9H2,1-2H3;(H,6,7). The first-order valence-electron chi connectivity index (χ1n) is 8.00. The molecule has 1 unspecified atom stereocenters. The molecule has 0 bridgehead atoms. The lowest BCUT2D eigenvalue weighted by atomic mass is 10.0. The van der Waals surface area contributed by atoms with Crippen LogP contribution in [0.3, 0.4) is 0 Å². The topological polar surface area (TPSA) is 111 Å². The summed E-state index contributed by atoms with van der Waals surface area (Å²) in [6.07, 6.45) is 1.40. The minimum atomic E-state index is -5.08. The predicted molar refractivity (Wildman–Crippen MR) is 95.5 cm³/mol. The number of ether oxygens (including phenoxy) is 1. The minimum absolute atomic E-state index is 0.101. The molecule has 2 heterocycles. The van der Waals surface area contributed by atoms with Crippen LogP contribution in [-0.4, -0.2) is 63.6 Å². The molecule has 0 spiro atoms. The molecule has 1 saturated heterocycles. The summed E-state index contributed by atoms with van der Waals surface area (Å²) >= 11 is 1.38. The number of nitrogens with one attached hydrogen (secondary N) is 1. The number of carbonyl (C=O) groups excluding carboxylic acids is 2. The lowest BCUT2D eigenvalue weighted by Crippen LogP contribution is -2.32. The van der Waals surface area contributed by atoms with E-state index in [1.807, 2.05) is 6.08 Å². The molecule has 0 aromatic carbocycles. The van der Waals surface area contributed by atoms with Gasteiger partial charge in [-0.05, 0) is 18.5 Å². The summed E-state index contributed by atoms with van der Waals surface area (Å²) in [7, 11) is 1.35. The highest BCUT2D eigenvalue weighted by atomic mass is 32.2. The maximum atomic E-state index is 11.3. The van der Waals surface area contributed by atoms with Gasteiger partial charge in [-0.3, -0.25) is 14.3 Å². The van der Waals surface area contributed by atoms with Gasteiger partial charge in [-0.1, -0.05) is 17.8 Å². The van der Waals surface area contributed by atoms with Gasteiger partial charge in [-0.15, -0.1) is 0 Å². The number of carboxylic acid groups (broad SMARTS) is 1. The van der Waals surface area contributed by atoms with Gasteiger partial charge in [-0.25, -0.2) is 4.79 Å². The highest BCUT2D eigenvalue weighted by Gasteiger charge is 2.38. The molecule has 28 heavy (non-hydrogen) atoms. The lowest BCUT2D eigenvalue weighted by Gasteiger charge is -2.24. The van der Waals surface area contributed by atoms with Crippen LogP contribution in [-0.2, 0) is 25.7 Å². The van der Waals surface area contributed by atoms with Crippen molar-refractivity contribution in [2.24, 2.45) is 0 Å². The predicted octanol–water partition coefficient (Wildman–Crippen LogP) is 1.71. The lowest BCUT2D eigenvalue weighted by molar-refractivity contribution is -0.192. The summed E-state index contributed by atoms with van der Waals surface area (Å²) in [5.41, 5.74) is 2.10. The quantitative estimate of drug-likeness (QED) is 0.705. The third-order valence-corrected chi connectivity index (χ3v) is 4.56. The molecular formula is C16H20F3N3O5S. The first-order chi connectivity index (χ1) is 13.0. The Hall–Kier alpha value is -2.34. The largest absolute Gasteiger partial charge is 0.490 e. The molecule has 2 rings (SSSR count). The molecule has 0 amide bonds. The van der Waals surface area contributed by atoms with Gasteiger partial charge in [0.05, 0.1) is 13.3 Å². The minimum Gasteiger partial charge on any atom is -0.475 e. The number of piperidine rings is 1. The number of rotatable bonds is 4. The molecular weight excluding hydrogens is 403 g/mol. The second-order valence-electron chi connectivity index (χ2n) is 5.63. The Bertz CT molecular complexity index is 733. The zero-order chi connectivity index (χ0) is 21.3. The van der Waals surface area contributed by atoms with Crippen molar-refractivity contribution in [1.82, 2.24) is 15.1 Å². The van der Waals surface area contributed by atoms with Crippen molar-refractivity contribution in [1.29, 1.82) is 0 Å². The van der Waals surface area contributed by atoms with Crippen molar-refractivity contribution in [3.05, 3.63) is 23.5 Å².